The number of nitrogens with one attached hydrogen (secondary N) is 2. The van der Waals surface area contributed by atoms with Gasteiger partial charge in [-0.2, -0.15) is 5.10 Å². The fourth-order valence-electron chi connectivity index (χ4n) is 1.98. The van der Waals surface area contributed by atoms with Gasteiger partial charge in [-0.15, -0.1) is 0 Å². The van der Waals surface area contributed by atoms with Crippen LogP contribution in [0.15, 0.2) is 42.7 Å². The van der Waals surface area contributed by atoms with Crippen LogP contribution in [0.1, 0.15) is 18.4 Å². The van der Waals surface area contributed by atoms with Crippen molar-refractivity contribution in [3.63, 3.8) is 0 Å². The Balaban J connectivity index is 1.90. The summed E-state index contributed by atoms with van der Waals surface area (Å²) in [7, 11) is 1.89. The lowest BCUT2D eigenvalue weighted by atomic mass is 10.2. The van der Waals surface area contributed by atoms with Crippen LogP contribution in [-0.4, -0.2) is 29.3 Å². The third-order valence-corrected chi connectivity index (χ3v) is 2.95. The van der Waals surface area contributed by atoms with Crippen molar-refractivity contribution in [3.05, 3.63) is 48.3 Å². The molecule has 2 N–H and O–H groups in total. The highest BCUT2D eigenvalue weighted by Crippen LogP contribution is 2.12. The van der Waals surface area contributed by atoms with E-state index >= 15 is 0 Å². The van der Waals surface area contributed by atoms with Gasteiger partial charge in [-0.3, -0.25) is 9.48 Å². The first-order valence-corrected chi connectivity index (χ1v) is 6.79. The zero-order chi connectivity index (χ0) is 14.2. The summed E-state index contributed by atoms with van der Waals surface area (Å²) >= 11 is 0. The molecule has 1 amide bonds. The molecule has 1 aromatic carbocycles. The Bertz CT molecular complexity index is 537. The monoisotopic (exact) mass is 272 g/mol. The second-order valence-corrected chi connectivity index (χ2v) is 4.66. The molecule has 1 heterocycles. The van der Waals surface area contributed by atoms with Gasteiger partial charge >= 0.3 is 0 Å². The maximum Gasteiger partial charge on any atom is 0.224 e. The molecule has 0 spiro atoms. The van der Waals surface area contributed by atoms with Crippen LogP contribution in [0.25, 0.3) is 0 Å². The van der Waals surface area contributed by atoms with Crippen LogP contribution < -0.4 is 10.6 Å². The largest absolute Gasteiger partial charge is 0.326 e. The molecule has 2 aromatic rings. The Hall–Kier alpha value is -2.14. The molecule has 0 bridgehead atoms. The minimum absolute atomic E-state index is 0.0523. The summed E-state index contributed by atoms with van der Waals surface area (Å²) in [4.78, 5) is 11.8. The van der Waals surface area contributed by atoms with Crippen LogP contribution in [0.3, 0.4) is 0 Å². The smallest absolute Gasteiger partial charge is 0.224 e. The maximum absolute atomic E-state index is 11.8. The minimum atomic E-state index is 0.0523. The summed E-state index contributed by atoms with van der Waals surface area (Å²) < 4.78 is 1.86. The molecule has 0 aliphatic heterocycles. The van der Waals surface area contributed by atoms with Gasteiger partial charge in [0.2, 0.25) is 5.91 Å². The van der Waals surface area contributed by atoms with Gasteiger partial charge in [0.1, 0.15) is 0 Å². The zero-order valence-electron chi connectivity index (χ0n) is 11.7. The number of hydrogen-bond donors (Lipinski definition) is 2. The molecule has 0 aliphatic rings. The van der Waals surface area contributed by atoms with Gasteiger partial charge in [0, 0.05) is 24.5 Å². The standard InChI is InChI=1S/C15H20N4O/c1-16-8-3-7-15(20)18-14-6-2-5-13(11-14)12-19-10-4-9-17-19/h2,4-6,9-11,16H,3,7-8,12H2,1H3,(H,18,20). The molecule has 0 saturated carbocycles. The third kappa shape index (κ3) is 4.51. The Morgan fingerprint density at radius 2 is 2.25 bits per heavy atom. The second-order valence-electron chi connectivity index (χ2n) is 4.66. The van der Waals surface area contributed by atoms with Gasteiger partial charge < -0.3 is 10.6 Å². The SMILES string of the molecule is CNCCCC(=O)Nc1cccc(Cn2cccn2)c1. The molecule has 0 fully saturated rings. The number of carbonyl (C=O) groups excluding carboxylic acids is 1. The van der Waals surface area contributed by atoms with E-state index in [0.717, 1.165) is 24.2 Å². The van der Waals surface area contributed by atoms with Crippen molar-refractivity contribution in [1.82, 2.24) is 15.1 Å². The Labute approximate surface area is 119 Å². The van der Waals surface area contributed by atoms with Crippen molar-refractivity contribution >= 4 is 11.6 Å². The highest BCUT2D eigenvalue weighted by molar-refractivity contribution is 5.90. The van der Waals surface area contributed by atoms with Crippen LogP contribution in [-0.2, 0) is 11.3 Å². The van der Waals surface area contributed by atoms with Crippen molar-refractivity contribution in [1.29, 1.82) is 0 Å². The molecular weight excluding hydrogens is 252 g/mol. The highest BCUT2D eigenvalue weighted by atomic mass is 16.1. The van der Waals surface area contributed by atoms with E-state index in [9.17, 15) is 4.79 Å². The molecular formula is C15H20N4O. The molecule has 5 nitrogen and oxygen atoms in total. The van der Waals surface area contributed by atoms with Crippen LogP contribution in [0, 0.1) is 0 Å². The van der Waals surface area contributed by atoms with Gasteiger partial charge in [0.15, 0.2) is 0 Å². The molecule has 0 radical (unpaired) electrons. The van der Waals surface area contributed by atoms with Gasteiger partial charge in [0.25, 0.3) is 0 Å². The van der Waals surface area contributed by atoms with Gasteiger partial charge in [-0.1, -0.05) is 12.1 Å². The second kappa shape index (κ2) is 7.45. The maximum atomic E-state index is 11.8. The normalized spacial score (nSPS) is 10.4. The average Bonchev–Trinajstić information content (AvgIpc) is 2.92. The molecule has 5 heteroatoms. The number of rotatable bonds is 7. The number of hydrogen-bond acceptors (Lipinski definition) is 3. The van der Waals surface area contributed by atoms with Gasteiger partial charge in [-0.05, 0) is 43.8 Å². The lowest BCUT2D eigenvalue weighted by Crippen LogP contribution is -2.15. The minimum Gasteiger partial charge on any atom is -0.326 e. The van der Waals surface area contributed by atoms with E-state index in [1.54, 1.807) is 6.20 Å². The van der Waals surface area contributed by atoms with E-state index < -0.39 is 0 Å². The summed E-state index contributed by atoms with van der Waals surface area (Å²) in [5.74, 6) is 0.0523. The first-order chi connectivity index (χ1) is 9.78. The van der Waals surface area contributed by atoms with E-state index in [1.807, 2.05) is 48.3 Å². The summed E-state index contributed by atoms with van der Waals surface area (Å²) in [6.07, 6.45) is 5.05. The van der Waals surface area contributed by atoms with E-state index in [2.05, 4.69) is 15.7 Å². The lowest BCUT2D eigenvalue weighted by molar-refractivity contribution is -0.116. The van der Waals surface area contributed by atoms with E-state index in [0.29, 0.717) is 13.0 Å². The molecule has 2 rings (SSSR count). The zero-order valence-corrected chi connectivity index (χ0v) is 11.7. The molecule has 0 atom stereocenters. The summed E-state index contributed by atoms with van der Waals surface area (Å²) in [6, 6.07) is 9.76. The first-order valence-electron chi connectivity index (χ1n) is 6.79. The van der Waals surface area contributed by atoms with Gasteiger partial charge in [0.05, 0.1) is 6.54 Å². The van der Waals surface area contributed by atoms with Crippen molar-refractivity contribution < 1.29 is 4.79 Å². The fraction of sp³-hybridized carbons (Fsp3) is 0.333. The van der Waals surface area contributed by atoms with Crippen molar-refractivity contribution in [3.8, 4) is 0 Å². The van der Waals surface area contributed by atoms with Crippen molar-refractivity contribution in [2.75, 3.05) is 18.9 Å². The Morgan fingerprint density at radius 1 is 1.35 bits per heavy atom. The summed E-state index contributed by atoms with van der Waals surface area (Å²) in [6.45, 7) is 1.56. The van der Waals surface area contributed by atoms with Crippen molar-refractivity contribution in [2.24, 2.45) is 0 Å². The number of anilines is 1. The number of nitrogens with zero attached hydrogens (tertiary/aromatic N) is 2. The van der Waals surface area contributed by atoms with Crippen LogP contribution >= 0.6 is 0 Å². The molecule has 0 saturated heterocycles. The van der Waals surface area contributed by atoms with Gasteiger partial charge in [-0.25, -0.2) is 0 Å². The van der Waals surface area contributed by atoms with E-state index in [4.69, 9.17) is 0 Å². The van der Waals surface area contributed by atoms with Crippen LogP contribution in [0.5, 0.6) is 0 Å². The lowest BCUT2D eigenvalue weighted by Gasteiger charge is -2.08. The van der Waals surface area contributed by atoms with Crippen LogP contribution in [0.4, 0.5) is 5.69 Å². The number of benzene rings is 1. The molecule has 0 aliphatic carbocycles. The van der Waals surface area contributed by atoms with Crippen molar-refractivity contribution in [2.45, 2.75) is 19.4 Å². The number of carbonyl (C=O) groups is 1. The fourth-order valence-corrected chi connectivity index (χ4v) is 1.98. The Kier molecular flexibility index (Phi) is 5.32. The predicted octanol–water partition coefficient (Wildman–Crippen LogP) is 1.87. The highest BCUT2D eigenvalue weighted by Gasteiger charge is 2.03. The molecule has 0 unspecified atom stereocenters. The quantitative estimate of drug-likeness (QED) is 0.756. The van der Waals surface area contributed by atoms with E-state index in [1.165, 1.54) is 0 Å². The third-order valence-electron chi connectivity index (χ3n) is 2.95. The van der Waals surface area contributed by atoms with Crippen LogP contribution in [0.2, 0.25) is 0 Å². The summed E-state index contributed by atoms with van der Waals surface area (Å²) in [5.41, 5.74) is 1.95. The average molecular weight is 272 g/mol. The number of amides is 1. The molecule has 106 valence electrons. The summed E-state index contributed by atoms with van der Waals surface area (Å²) in [5, 5.41) is 10.1. The first kappa shape index (κ1) is 14.3. The topological polar surface area (TPSA) is 59.0 Å². The van der Waals surface area contributed by atoms with E-state index in [-0.39, 0.29) is 5.91 Å². The Morgan fingerprint density at radius 3 is 3.00 bits per heavy atom. The molecule has 1 aromatic heterocycles. The predicted molar refractivity (Wildman–Crippen MR) is 79.6 cm³/mol. The number of aromatic nitrogens is 2. The molecule has 20 heavy (non-hydrogen) atoms.